The highest BCUT2D eigenvalue weighted by Gasteiger charge is 2.36. The third kappa shape index (κ3) is 5.46. The fourth-order valence-electron chi connectivity index (χ4n) is 3.26. The number of amides is 2. The summed E-state index contributed by atoms with van der Waals surface area (Å²) in [6, 6.07) is 10.7. The van der Waals surface area contributed by atoms with Gasteiger partial charge in [-0.2, -0.15) is 5.10 Å². The van der Waals surface area contributed by atoms with Gasteiger partial charge in [0.05, 0.1) is 19.0 Å². The van der Waals surface area contributed by atoms with Crippen molar-refractivity contribution >= 4 is 29.1 Å². The van der Waals surface area contributed by atoms with E-state index >= 15 is 0 Å². The van der Waals surface area contributed by atoms with Crippen molar-refractivity contribution in [3.8, 4) is 0 Å². The van der Waals surface area contributed by atoms with E-state index in [0.717, 1.165) is 22.6 Å². The molecular formula is C21H26ClN4O3+. The molecule has 0 bridgehead atoms. The Bertz CT molecular complexity index is 865. The van der Waals surface area contributed by atoms with Crippen LogP contribution in [0.5, 0.6) is 0 Å². The minimum atomic E-state index is -0.301. The lowest BCUT2D eigenvalue weighted by Crippen LogP contribution is -3.11. The van der Waals surface area contributed by atoms with Gasteiger partial charge in [-0.3, -0.25) is 9.59 Å². The summed E-state index contributed by atoms with van der Waals surface area (Å²) >= 11 is 5.98. The lowest BCUT2D eigenvalue weighted by molar-refractivity contribution is -0.863. The predicted octanol–water partition coefficient (Wildman–Crippen LogP) is 1.65. The van der Waals surface area contributed by atoms with E-state index in [9.17, 15) is 9.59 Å². The second kappa shape index (κ2) is 9.71. The number of nitrogens with one attached hydrogen (secondary N) is 2. The van der Waals surface area contributed by atoms with Crippen molar-refractivity contribution in [2.45, 2.75) is 25.8 Å². The van der Waals surface area contributed by atoms with Gasteiger partial charge < -0.3 is 14.6 Å². The van der Waals surface area contributed by atoms with Gasteiger partial charge in [-0.25, -0.2) is 5.01 Å². The third-order valence-electron chi connectivity index (χ3n) is 4.70. The highest BCUT2D eigenvalue weighted by atomic mass is 35.5. The molecule has 154 valence electrons. The summed E-state index contributed by atoms with van der Waals surface area (Å²) in [4.78, 5) is 25.7. The summed E-state index contributed by atoms with van der Waals surface area (Å²) in [6.45, 7) is 3.03. The molecule has 1 aliphatic heterocycles. The molecule has 3 rings (SSSR count). The standard InChI is InChI=1S/C21H25ClN4O3/c1-3-10-23-20(27)13-25(2)14-21(28)26-18(19-5-4-11-29-19)12-17(24-26)15-6-8-16(22)9-7-15/h4-9,11,18H,3,10,12-14H2,1-2H3,(H,23,27)/p+1/t18-/m1/s1. The summed E-state index contributed by atoms with van der Waals surface area (Å²) in [6.07, 6.45) is 3.02. The Labute approximate surface area is 175 Å². The molecule has 1 aromatic heterocycles. The van der Waals surface area contributed by atoms with Crippen LogP contribution in [0.1, 0.15) is 37.1 Å². The first-order valence-corrected chi connectivity index (χ1v) is 10.1. The number of carbonyl (C=O) groups is 2. The van der Waals surface area contributed by atoms with Gasteiger partial charge >= 0.3 is 0 Å². The first kappa shape index (κ1) is 21.1. The van der Waals surface area contributed by atoms with Gasteiger partial charge in [0.1, 0.15) is 11.8 Å². The topological polar surface area (TPSA) is 79.4 Å². The molecule has 1 aliphatic rings. The van der Waals surface area contributed by atoms with Crippen LogP contribution in [0.3, 0.4) is 0 Å². The molecule has 0 spiro atoms. The van der Waals surface area contributed by atoms with Crippen molar-refractivity contribution in [3.05, 3.63) is 59.0 Å². The van der Waals surface area contributed by atoms with Crippen molar-refractivity contribution < 1.29 is 18.9 Å². The van der Waals surface area contributed by atoms with Crippen LogP contribution in [0.4, 0.5) is 0 Å². The summed E-state index contributed by atoms with van der Waals surface area (Å²) < 4.78 is 5.56. The molecule has 0 saturated carbocycles. The molecule has 2 amide bonds. The summed E-state index contributed by atoms with van der Waals surface area (Å²) in [5, 5.41) is 9.55. The number of quaternary nitrogens is 1. The number of hydrazone groups is 1. The molecule has 0 radical (unpaired) electrons. The van der Waals surface area contributed by atoms with Crippen molar-refractivity contribution in [1.82, 2.24) is 10.3 Å². The number of rotatable bonds is 8. The monoisotopic (exact) mass is 417 g/mol. The Morgan fingerprint density at radius 2 is 2.03 bits per heavy atom. The third-order valence-corrected chi connectivity index (χ3v) is 4.95. The van der Waals surface area contributed by atoms with E-state index in [-0.39, 0.29) is 30.9 Å². The maximum atomic E-state index is 13.0. The Morgan fingerprint density at radius 3 is 2.69 bits per heavy atom. The van der Waals surface area contributed by atoms with Gasteiger partial charge in [0.25, 0.3) is 11.8 Å². The first-order chi connectivity index (χ1) is 14.0. The van der Waals surface area contributed by atoms with Crippen molar-refractivity contribution in [2.75, 3.05) is 26.7 Å². The second-order valence-corrected chi connectivity index (χ2v) is 7.62. The summed E-state index contributed by atoms with van der Waals surface area (Å²) in [7, 11) is 1.82. The molecule has 2 aromatic rings. The van der Waals surface area contributed by atoms with Crippen molar-refractivity contribution in [2.24, 2.45) is 5.10 Å². The first-order valence-electron chi connectivity index (χ1n) is 9.74. The van der Waals surface area contributed by atoms with E-state index in [2.05, 4.69) is 10.4 Å². The molecule has 0 fully saturated rings. The molecule has 2 N–H and O–H groups in total. The molecule has 1 unspecified atom stereocenters. The molecular weight excluding hydrogens is 392 g/mol. The van der Waals surface area contributed by atoms with Gasteiger partial charge in [-0.1, -0.05) is 30.7 Å². The molecule has 29 heavy (non-hydrogen) atoms. The number of benzene rings is 1. The Kier molecular flexibility index (Phi) is 7.06. The Balaban J connectivity index is 1.73. The lowest BCUT2D eigenvalue weighted by atomic mass is 10.0. The SMILES string of the molecule is CCCNC(=O)C[NH+](C)CC(=O)N1N=C(c2ccc(Cl)cc2)C[C@@H]1c1ccco1. The number of hydrogen-bond acceptors (Lipinski definition) is 4. The van der Waals surface area contributed by atoms with Crippen LogP contribution in [0.25, 0.3) is 0 Å². The number of likely N-dealkylation sites (N-methyl/N-ethyl adjacent to an activating group) is 1. The second-order valence-electron chi connectivity index (χ2n) is 7.19. The van der Waals surface area contributed by atoms with E-state index in [1.807, 2.05) is 32.2 Å². The van der Waals surface area contributed by atoms with Crippen LogP contribution in [0.2, 0.25) is 5.02 Å². The van der Waals surface area contributed by atoms with Gasteiger partial charge in [0, 0.05) is 18.0 Å². The molecule has 7 nitrogen and oxygen atoms in total. The summed E-state index contributed by atoms with van der Waals surface area (Å²) in [5.74, 6) is 0.465. The van der Waals surface area contributed by atoms with Gasteiger partial charge in [0.15, 0.2) is 13.1 Å². The number of halogens is 1. The zero-order valence-corrected chi connectivity index (χ0v) is 17.4. The van der Waals surface area contributed by atoms with Crippen molar-refractivity contribution in [1.29, 1.82) is 0 Å². The van der Waals surface area contributed by atoms with Crippen LogP contribution in [0.15, 0.2) is 52.2 Å². The zero-order chi connectivity index (χ0) is 20.8. The number of carbonyl (C=O) groups excluding carboxylic acids is 2. The summed E-state index contributed by atoms with van der Waals surface area (Å²) in [5.41, 5.74) is 1.72. The van der Waals surface area contributed by atoms with Gasteiger partial charge in [0.2, 0.25) is 0 Å². The molecule has 8 heteroatoms. The van der Waals surface area contributed by atoms with E-state index in [1.165, 1.54) is 5.01 Å². The minimum absolute atomic E-state index is 0.0634. The van der Waals surface area contributed by atoms with E-state index < -0.39 is 0 Å². The average molecular weight is 418 g/mol. The Hall–Kier alpha value is -2.64. The average Bonchev–Trinajstić information content (AvgIpc) is 3.36. The van der Waals surface area contributed by atoms with Gasteiger partial charge in [-0.05, 0) is 36.2 Å². The lowest BCUT2D eigenvalue weighted by Gasteiger charge is -2.21. The molecule has 2 heterocycles. The molecule has 2 atom stereocenters. The maximum absolute atomic E-state index is 13.0. The van der Waals surface area contributed by atoms with Crippen LogP contribution in [-0.2, 0) is 9.59 Å². The number of hydrogen-bond donors (Lipinski definition) is 2. The molecule has 1 aromatic carbocycles. The maximum Gasteiger partial charge on any atom is 0.298 e. The highest BCUT2D eigenvalue weighted by Crippen LogP contribution is 2.33. The van der Waals surface area contributed by atoms with Gasteiger partial charge in [-0.15, -0.1) is 0 Å². The molecule has 0 saturated heterocycles. The fourth-order valence-corrected chi connectivity index (χ4v) is 3.39. The Morgan fingerprint density at radius 1 is 1.28 bits per heavy atom. The smallest absolute Gasteiger partial charge is 0.298 e. The normalized spacial score (nSPS) is 17.1. The van der Waals surface area contributed by atoms with Crippen molar-refractivity contribution in [3.63, 3.8) is 0 Å². The van der Waals surface area contributed by atoms with Crippen LogP contribution in [0, 0.1) is 0 Å². The molecule has 0 aliphatic carbocycles. The van der Waals surface area contributed by atoms with E-state index in [4.69, 9.17) is 16.0 Å². The number of furan rings is 1. The predicted molar refractivity (Wildman–Crippen MR) is 111 cm³/mol. The van der Waals surface area contributed by atoms with Crippen LogP contribution < -0.4 is 10.2 Å². The minimum Gasteiger partial charge on any atom is -0.467 e. The largest absolute Gasteiger partial charge is 0.467 e. The van der Waals surface area contributed by atoms with E-state index in [0.29, 0.717) is 23.7 Å². The number of nitrogens with zero attached hydrogens (tertiary/aromatic N) is 2. The van der Waals surface area contributed by atoms with E-state index in [1.54, 1.807) is 24.5 Å². The van der Waals surface area contributed by atoms with Crippen LogP contribution in [-0.4, -0.2) is 49.2 Å². The fraction of sp³-hybridized carbons (Fsp3) is 0.381. The highest BCUT2D eigenvalue weighted by molar-refractivity contribution is 6.30. The quantitative estimate of drug-likeness (QED) is 0.685. The van der Waals surface area contributed by atoms with Crippen LogP contribution >= 0.6 is 11.6 Å². The zero-order valence-electron chi connectivity index (χ0n) is 16.7.